The highest BCUT2D eigenvalue weighted by atomic mass is 16.5. The number of furan rings is 1. The van der Waals surface area contributed by atoms with E-state index in [-0.39, 0.29) is 24.8 Å². The number of ether oxygens (including phenoxy) is 1. The number of benzene rings is 2. The lowest BCUT2D eigenvalue weighted by molar-refractivity contribution is -0.115. The standard InChI is InChI=1S/C21H22N2O4/c1-3-14-8-4-6-10-17(14)23-19(24)12-22-21(25)20-16(13-26-2)15-9-5-7-11-18(15)27-20/h4-11H,3,12-13H2,1-2H3,(H,22,25)(H,23,24). The smallest absolute Gasteiger partial charge is 0.287 e. The van der Waals surface area contributed by atoms with Gasteiger partial charge in [0.15, 0.2) is 5.76 Å². The van der Waals surface area contributed by atoms with Crippen molar-refractivity contribution in [2.24, 2.45) is 0 Å². The van der Waals surface area contributed by atoms with Gasteiger partial charge in [-0.15, -0.1) is 0 Å². The van der Waals surface area contributed by atoms with E-state index < -0.39 is 5.91 Å². The number of aryl methyl sites for hydroxylation is 1. The minimum Gasteiger partial charge on any atom is -0.451 e. The van der Waals surface area contributed by atoms with Crippen molar-refractivity contribution in [1.82, 2.24) is 5.32 Å². The van der Waals surface area contributed by atoms with E-state index in [1.54, 1.807) is 13.2 Å². The van der Waals surface area contributed by atoms with E-state index in [0.717, 1.165) is 23.1 Å². The fourth-order valence-corrected chi connectivity index (χ4v) is 2.96. The van der Waals surface area contributed by atoms with Crippen LogP contribution < -0.4 is 10.6 Å². The van der Waals surface area contributed by atoms with Crippen LogP contribution in [-0.2, 0) is 22.6 Å². The molecular weight excluding hydrogens is 344 g/mol. The number of anilines is 1. The summed E-state index contributed by atoms with van der Waals surface area (Å²) in [5.74, 6) is -0.578. The molecule has 0 aliphatic carbocycles. The van der Waals surface area contributed by atoms with Gasteiger partial charge < -0.3 is 19.8 Å². The third-order valence-electron chi connectivity index (χ3n) is 4.28. The fourth-order valence-electron chi connectivity index (χ4n) is 2.96. The Morgan fingerprint density at radius 1 is 1.07 bits per heavy atom. The van der Waals surface area contributed by atoms with E-state index >= 15 is 0 Å². The van der Waals surface area contributed by atoms with Gasteiger partial charge in [-0.1, -0.05) is 43.3 Å². The van der Waals surface area contributed by atoms with E-state index in [9.17, 15) is 9.59 Å². The highest BCUT2D eigenvalue weighted by Gasteiger charge is 2.20. The molecule has 2 aromatic carbocycles. The number of hydrogen-bond donors (Lipinski definition) is 2. The van der Waals surface area contributed by atoms with Gasteiger partial charge in [-0.25, -0.2) is 0 Å². The molecule has 0 atom stereocenters. The largest absolute Gasteiger partial charge is 0.451 e. The number of hydrogen-bond acceptors (Lipinski definition) is 4. The fraction of sp³-hybridized carbons (Fsp3) is 0.238. The Labute approximate surface area is 157 Å². The van der Waals surface area contributed by atoms with Crippen molar-refractivity contribution >= 4 is 28.5 Å². The maximum atomic E-state index is 12.5. The minimum absolute atomic E-state index is 0.152. The first-order valence-electron chi connectivity index (χ1n) is 8.79. The molecule has 0 spiro atoms. The van der Waals surface area contributed by atoms with Crippen molar-refractivity contribution < 1.29 is 18.7 Å². The average molecular weight is 366 g/mol. The van der Waals surface area contributed by atoms with Crippen LogP contribution in [-0.4, -0.2) is 25.5 Å². The molecular formula is C21H22N2O4. The molecule has 0 saturated heterocycles. The summed E-state index contributed by atoms with van der Waals surface area (Å²) in [6.45, 7) is 2.11. The summed E-state index contributed by atoms with van der Waals surface area (Å²) in [7, 11) is 1.56. The first-order valence-corrected chi connectivity index (χ1v) is 8.79. The molecule has 0 unspecified atom stereocenters. The summed E-state index contributed by atoms with van der Waals surface area (Å²) in [5.41, 5.74) is 3.07. The van der Waals surface area contributed by atoms with E-state index in [0.29, 0.717) is 11.1 Å². The van der Waals surface area contributed by atoms with Gasteiger partial charge in [-0.2, -0.15) is 0 Å². The van der Waals surface area contributed by atoms with Crippen LogP contribution in [0.25, 0.3) is 11.0 Å². The summed E-state index contributed by atoms with van der Waals surface area (Å²) in [6.07, 6.45) is 0.808. The van der Waals surface area contributed by atoms with Crippen LogP contribution in [0.5, 0.6) is 0 Å². The van der Waals surface area contributed by atoms with Gasteiger partial charge in [-0.3, -0.25) is 9.59 Å². The number of para-hydroxylation sites is 2. The zero-order valence-corrected chi connectivity index (χ0v) is 15.4. The lowest BCUT2D eigenvalue weighted by Gasteiger charge is -2.10. The van der Waals surface area contributed by atoms with Crippen molar-refractivity contribution in [2.75, 3.05) is 19.0 Å². The Hall–Kier alpha value is -3.12. The number of carbonyl (C=O) groups is 2. The molecule has 2 amide bonds. The van der Waals surface area contributed by atoms with Crippen LogP contribution in [0.15, 0.2) is 52.9 Å². The van der Waals surface area contributed by atoms with Crippen molar-refractivity contribution in [3.05, 3.63) is 65.4 Å². The summed E-state index contributed by atoms with van der Waals surface area (Å²) in [6, 6.07) is 15.0. The number of rotatable bonds is 7. The van der Waals surface area contributed by atoms with E-state index in [1.807, 2.05) is 49.4 Å². The van der Waals surface area contributed by atoms with Crippen LogP contribution in [0.4, 0.5) is 5.69 Å². The SMILES string of the molecule is CCc1ccccc1NC(=O)CNC(=O)c1oc2ccccc2c1COC. The van der Waals surface area contributed by atoms with Crippen molar-refractivity contribution in [2.45, 2.75) is 20.0 Å². The zero-order valence-electron chi connectivity index (χ0n) is 15.4. The Bertz CT molecular complexity index is 962. The van der Waals surface area contributed by atoms with Gasteiger partial charge in [0, 0.05) is 23.7 Å². The number of carbonyl (C=O) groups excluding carboxylic acids is 2. The van der Waals surface area contributed by atoms with Crippen molar-refractivity contribution in [3.8, 4) is 0 Å². The first-order chi connectivity index (χ1) is 13.1. The van der Waals surface area contributed by atoms with E-state index in [4.69, 9.17) is 9.15 Å². The number of fused-ring (bicyclic) bond motifs is 1. The second-order valence-corrected chi connectivity index (χ2v) is 6.08. The predicted octanol–water partition coefficient (Wildman–Crippen LogP) is 3.51. The third-order valence-corrected chi connectivity index (χ3v) is 4.28. The molecule has 0 radical (unpaired) electrons. The van der Waals surface area contributed by atoms with Gasteiger partial charge >= 0.3 is 0 Å². The topological polar surface area (TPSA) is 80.6 Å². The molecule has 140 valence electrons. The van der Waals surface area contributed by atoms with Gasteiger partial charge in [-0.05, 0) is 24.1 Å². The quantitative estimate of drug-likeness (QED) is 0.670. The highest BCUT2D eigenvalue weighted by molar-refractivity contribution is 6.02. The molecule has 1 aromatic heterocycles. The molecule has 0 aliphatic rings. The molecule has 0 saturated carbocycles. The molecule has 0 bridgehead atoms. The van der Waals surface area contributed by atoms with Crippen LogP contribution >= 0.6 is 0 Å². The molecule has 1 heterocycles. The summed E-state index contributed by atoms with van der Waals surface area (Å²) >= 11 is 0. The van der Waals surface area contributed by atoms with Crippen LogP contribution in [0.2, 0.25) is 0 Å². The predicted molar refractivity (Wildman–Crippen MR) is 104 cm³/mol. The lowest BCUT2D eigenvalue weighted by atomic mass is 10.1. The van der Waals surface area contributed by atoms with E-state index in [2.05, 4.69) is 10.6 Å². The molecule has 0 aliphatic heterocycles. The average Bonchev–Trinajstić information content (AvgIpc) is 3.06. The molecule has 2 N–H and O–H groups in total. The van der Waals surface area contributed by atoms with Crippen LogP contribution in [0, 0.1) is 0 Å². The number of amides is 2. The summed E-state index contributed by atoms with van der Waals surface area (Å²) < 4.78 is 10.9. The molecule has 6 heteroatoms. The maximum absolute atomic E-state index is 12.5. The second-order valence-electron chi connectivity index (χ2n) is 6.08. The highest BCUT2D eigenvalue weighted by Crippen LogP contribution is 2.26. The second kappa shape index (κ2) is 8.51. The number of methoxy groups -OCH3 is 1. The zero-order chi connectivity index (χ0) is 19.2. The molecule has 6 nitrogen and oxygen atoms in total. The van der Waals surface area contributed by atoms with Crippen molar-refractivity contribution in [1.29, 1.82) is 0 Å². The van der Waals surface area contributed by atoms with Crippen molar-refractivity contribution in [3.63, 3.8) is 0 Å². The molecule has 0 fully saturated rings. The van der Waals surface area contributed by atoms with E-state index in [1.165, 1.54) is 0 Å². The van der Waals surface area contributed by atoms with Crippen LogP contribution in [0.3, 0.4) is 0 Å². The Kier molecular flexibility index (Phi) is 5.88. The van der Waals surface area contributed by atoms with Gasteiger partial charge in [0.2, 0.25) is 5.91 Å². The molecule has 3 rings (SSSR count). The summed E-state index contributed by atoms with van der Waals surface area (Å²) in [5, 5.41) is 6.27. The lowest BCUT2D eigenvalue weighted by Crippen LogP contribution is -2.33. The van der Waals surface area contributed by atoms with Gasteiger partial charge in [0.05, 0.1) is 13.2 Å². The molecule has 3 aromatic rings. The Balaban J connectivity index is 1.70. The third kappa shape index (κ3) is 4.17. The number of nitrogens with one attached hydrogen (secondary N) is 2. The normalized spacial score (nSPS) is 10.7. The molecule has 27 heavy (non-hydrogen) atoms. The van der Waals surface area contributed by atoms with Gasteiger partial charge in [0.25, 0.3) is 5.91 Å². The van der Waals surface area contributed by atoms with Gasteiger partial charge in [0.1, 0.15) is 5.58 Å². The minimum atomic E-state index is -0.447. The maximum Gasteiger partial charge on any atom is 0.287 e. The Morgan fingerprint density at radius 3 is 2.59 bits per heavy atom. The van der Waals surface area contributed by atoms with Crippen LogP contribution in [0.1, 0.15) is 28.6 Å². The monoisotopic (exact) mass is 366 g/mol. The summed E-state index contributed by atoms with van der Waals surface area (Å²) in [4.78, 5) is 24.8. The first kappa shape index (κ1) is 18.7. The Morgan fingerprint density at radius 2 is 1.81 bits per heavy atom.